The number of carbonyl (C=O) groups excluding carboxylic acids is 1. The topological polar surface area (TPSA) is 42.0 Å². The lowest BCUT2D eigenvalue weighted by Crippen LogP contribution is -2.12. The number of carbonyl (C=O) groups is 1. The Balaban J connectivity index is 2.18. The van der Waals surface area contributed by atoms with E-state index in [-0.39, 0.29) is 16.4 Å². The van der Waals surface area contributed by atoms with Gasteiger partial charge in [-0.2, -0.15) is 0 Å². The predicted octanol–water partition coefficient (Wildman–Crippen LogP) is 3.27. The molecule has 0 bridgehead atoms. The van der Waals surface area contributed by atoms with E-state index in [2.05, 4.69) is 10.3 Å². The first-order valence-electron chi connectivity index (χ1n) is 4.94. The number of rotatable bonds is 2. The van der Waals surface area contributed by atoms with Gasteiger partial charge < -0.3 is 5.32 Å². The SMILES string of the molecule is O=C(Nc1ccc(F)c(F)c1)c1ccnc(Cl)c1. The number of aromatic nitrogens is 1. The van der Waals surface area contributed by atoms with Gasteiger partial charge in [0.1, 0.15) is 5.15 Å². The fourth-order valence-electron chi connectivity index (χ4n) is 1.32. The van der Waals surface area contributed by atoms with E-state index in [4.69, 9.17) is 11.6 Å². The highest BCUT2D eigenvalue weighted by atomic mass is 35.5. The van der Waals surface area contributed by atoms with Gasteiger partial charge in [-0.15, -0.1) is 0 Å². The van der Waals surface area contributed by atoms with Gasteiger partial charge in [-0.05, 0) is 24.3 Å². The second-order valence-corrected chi connectivity index (χ2v) is 3.84. The molecule has 0 aliphatic rings. The normalized spacial score (nSPS) is 10.2. The summed E-state index contributed by atoms with van der Waals surface area (Å²) >= 11 is 5.64. The molecule has 0 saturated carbocycles. The molecule has 0 spiro atoms. The average molecular weight is 269 g/mol. The molecule has 1 amide bonds. The van der Waals surface area contributed by atoms with E-state index < -0.39 is 17.5 Å². The molecule has 0 atom stereocenters. The van der Waals surface area contributed by atoms with Gasteiger partial charge in [0.05, 0.1) is 0 Å². The summed E-state index contributed by atoms with van der Waals surface area (Å²) < 4.78 is 25.6. The van der Waals surface area contributed by atoms with Crippen molar-refractivity contribution in [1.82, 2.24) is 4.98 Å². The lowest BCUT2D eigenvalue weighted by molar-refractivity contribution is 0.102. The zero-order valence-electron chi connectivity index (χ0n) is 8.95. The number of halogens is 3. The molecule has 2 rings (SSSR count). The minimum Gasteiger partial charge on any atom is -0.322 e. The van der Waals surface area contributed by atoms with E-state index in [0.29, 0.717) is 0 Å². The second kappa shape index (κ2) is 5.10. The van der Waals surface area contributed by atoms with Crippen LogP contribution in [0.2, 0.25) is 5.15 Å². The molecule has 0 saturated heterocycles. The van der Waals surface area contributed by atoms with Gasteiger partial charge in [0.15, 0.2) is 11.6 Å². The Bertz CT molecular complexity index is 604. The molecule has 0 aliphatic carbocycles. The molecule has 2 aromatic rings. The van der Waals surface area contributed by atoms with Crippen LogP contribution in [-0.4, -0.2) is 10.9 Å². The van der Waals surface area contributed by atoms with Gasteiger partial charge in [0.25, 0.3) is 5.91 Å². The molecule has 92 valence electrons. The molecule has 3 nitrogen and oxygen atoms in total. The number of hydrogen-bond acceptors (Lipinski definition) is 2. The summed E-state index contributed by atoms with van der Waals surface area (Å²) in [5.41, 5.74) is 0.437. The lowest BCUT2D eigenvalue weighted by atomic mass is 10.2. The van der Waals surface area contributed by atoms with Crippen molar-refractivity contribution < 1.29 is 13.6 Å². The van der Waals surface area contributed by atoms with Crippen molar-refractivity contribution in [2.45, 2.75) is 0 Å². The summed E-state index contributed by atoms with van der Waals surface area (Å²) in [5.74, 6) is -2.48. The van der Waals surface area contributed by atoms with Crippen molar-refractivity contribution in [3.63, 3.8) is 0 Å². The fourth-order valence-corrected chi connectivity index (χ4v) is 1.49. The Morgan fingerprint density at radius 1 is 1.17 bits per heavy atom. The monoisotopic (exact) mass is 268 g/mol. The number of benzene rings is 1. The van der Waals surface area contributed by atoms with Crippen LogP contribution >= 0.6 is 11.6 Å². The number of nitrogens with zero attached hydrogens (tertiary/aromatic N) is 1. The van der Waals surface area contributed by atoms with E-state index in [1.54, 1.807) is 0 Å². The number of hydrogen-bond donors (Lipinski definition) is 1. The Morgan fingerprint density at radius 3 is 2.61 bits per heavy atom. The van der Waals surface area contributed by atoms with Gasteiger partial charge >= 0.3 is 0 Å². The molecule has 6 heteroatoms. The molecule has 18 heavy (non-hydrogen) atoms. The van der Waals surface area contributed by atoms with Gasteiger partial charge in [-0.25, -0.2) is 13.8 Å². The minimum atomic E-state index is -1.03. The van der Waals surface area contributed by atoms with Crippen LogP contribution in [0.3, 0.4) is 0 Å². The molecular formula is C12H7ClF2N2O. The first-order valence-corrected chi connectivity index (χ1v) is 5.32. The van der Waals surface area contributed by atoms with Gasteiger partial charge in [-0.1, -0.05) is 11.6 Å². The van der Waals surface area contributed by atoms with Crippen LogP contribution < -0.4 is 5.32 Å². The maximum Gasteiger partial charge on any atom is 0.255 e. The summed E-state index contributed by atoms with van der Waals surface area (Å²) in [6.07, 6.45) is 1.38. The van der Waals surface area contributed by atoms with E-state index in [1.165, 1.54) is 24.4 Å². The van der Waals surface area contributed by atoms with Crippen LogP contribution in [0.5, 0.6) is 0 Å². The highest BCUT2D eigenvalue weighted by Gasteiger charge is 2.08. The number of nitrogens with one attached hydrogen (secondary N) is 1. The first kappa shape index (κ1) is 12.4. The molecule has 0 aliphatic heterocycles. The molecule has 1 N–H and O–H groups in total. The Hall–Kier alpha value is -2.01. The standard InChI is InChI=1S/C12H7ClF2N2O/c13-11-5-7(3-4-16-11)12(18)17-8-1-2-9(14)10(15)6-8/h1-6H,(H,17,18). The third-order valence-electron chi connectivity index (χ3n) is 2.17. The van der Waals surface area contributed by atoms with Crippen LogP contribution in [0.4, 0.5) is 14.5 Å². The molecule has 1 aromatic heterocycles. The van der Waals surface area contributed by atoms with Crippen LogP contribution in [0.25, 0.3) is 0 Å². The third kappa shape index (κ3) is 2.81. The van der Waals surface area contributed by atoms with Crippen molar-refractivity contribution in [3.05, 3.63) is 58.9 Å². The highest BCUT2D eigenvalue weighted by Crippen LogP contribution is 2.15. The zero-order valence-corrected chi connectivity index (χ0v) is 9.71. The molecular weight excluding hydrogens is 262 g/mol. The van der Waals surface area contributed by atoms with Crippen LogP contribution in [-0.2, 0) is 0 Å². The number of anilines is 1. The molecule has 1 aromatic carbocycles. The van der Waals surface area contributed by atoms with Crippen molar-refractivity contribution in [1.29, 1.82) is 0 Å². The maximum atomic E-state index is 12.9. The molecule has 0 fully saturated rings. The molecule has 0 radical (unpaired) electrons. The lowest BCUT2D eigenvalue weighted by Gasteiger charge is -2.05. The Labute approximate surface area is 106 Å². The van der Waals surface area contributed by atoms with Crippen molar-refractivity contribution in [2.75, 3.05) is 5.32 Å². The quantitative estimate of drug-likeness (QED) is 0.850. The highest BCUT2D eigenvalue weighted by molar-refractivity contribution is 6.29. The van der Waals surface area contributed by atoms with Crippen molar-refractivity contribution in [3.8, 4) is 0 Å². The van der Waals surface area contributed by atoms with Crippen LogP contribution in [0, 0.1) is 11.6 Å². The molecule has 1 heterocycles. The van der Waals surface area contributed by atoms with Gasteiger partial charge in [0.2, 0.25) is 0 Å². The van der Waals surface area contributed by atoms with E-state index in [0.717, 1.165) is 12.1 Å². The summed E-state index contributed by atoms with van der Waals surface area (Å²) in [6.45, 7) is 0. The summed E-state index contributed by atoms with van der Waals surface area (Å²) in [4.78, 5) is 15.5. The Kier molecular flexibility index (Phi) is 3.53. The van der Waals surface area contributed by atoms with Crippen LogP contribution in [0.15, 0.2) is 36.5 Å². The smallest absolute Gasteiger partial charge is 0.255 e. The maximum absolute atomic E-state index is 12.9. The molecule has 0 unspecified atom stereocenters. The third-order valence-corrected chi connectivity index (χ3v) is 2.37. The number of amides is 1. The second-order valence-electron chi connectivity index (χ2n) is 3.45. The zero-order chi connectivity index (χ0) is 13.1. The summed E-state index contributed by atoms with van der Waals surface area (Å²) in [7, 11) is 0. The average Bonchev–Trinajstić information content (AvgIpc) is 2.34. The summed E-state index contributed by atoms with van der Waals surface area (Å²) in [6, 6.07) is 5.93. The first-order chi connectivity index (χ1) is 8.56. The Morgan fingerprint density at radius 2 is 1.94 bits per heavy atom. The minimum absolute atomic E-state index is 0.159. The summed E-state index contributed by atoms with van der Waals surface area (Å²) in [5, 5.41) is 2.60. The van der Waals surface area contributed by atoms with Gasteiger partial charge in [0, 0.05) is 23.5 Å². The van der Waals surface area contributed by atoms with E-state index in [9.17, 15) is 13.6 Å². The van der Waals surface area contributed by atoms with Crippen molar-refractivity contribution in [2.24, 2.45) is 0 Å². The van der Waals surface area contributed by atoms with E-state index >= 15 is 0 Å². The predicted molar refractivity (Wildman–Crippen MR) is 63.6 cm³/mol. The van der Waals surface area contributed by atoms with Gasteiger partial charge in [-0.3, -0.25) is 4.79 Å². The largest absolute Gasteiger partial charge is 0.322 e. The van der Waals surface area contributed by atoms with E-state index in [1.807, 2.05) is 0 Å². The fraction of sp³-hybridized carbons (Fsp3) is 0. The van der Waals surface area contributed by atoms with Crippen LogP contribution in [0.1, 0.15) is 10.4 Å². The van der Waals surface area contributed by atoms with Crippen molar-refractivity contribution >= 4 is 23.2 Å². The number of pyridine rings is 1.